The highest BCUT2D eigenvalue weighted by molar-refractivity contribution is 5.78. The van der Waals surface area contributed by atoms with E-state index in [0.29, 0.717) is 18.2 Å². The Balaban J connectivity index is 1.91. The van der Waals surface area contributed by atoms with Gasteiger partial charge in [0.2, 0.25) is 5.91 Å². The molecular formula is C16H30N2O. The minimum absolute atomic E-state index is 0.312. The van der Waals surface area contributed by atoms with E-state index in [4.69, 9.17) is 5.73 Å². The van der Waals surface area contributed by atoms with Crippen LogP contribution in [-0.4, -0.2) is 30.4 Å². The SMILES string of the molecule is C=CC1CC(=O)N(CCCCCCCCCCN)C1. The molecule has 1 atom stereocenters. The molecular weight excluding hydrogens is 236 g/mol. The Morgan fingerprint density at radius 3 is 2.21 bits per heavy atom. The molecule has 110 valence electrons. The number of likely N-dealkylation sites (tertiary alicyclic amines) is 1. The normalized spacial score (nSPS) is 19.1. The van der Waals surface area contributed by atoms with Crippen molar-refractivity contribution in [3.8, 4) is 0 Å². The van der Waals surface area contributed by atoms with Crippen LogP contribution in [0.5, 0.6) is 0 Å². The molecule has 1 unspecified atom stereocenters. The molecule has 1 aliphatic rings. The maximum Gasteiger partial charge on any atom is 0.223 e. The molecule has 19 heavy (non-hydrogen) atoms. The highest BCUT2D eigenvalue weighted by Gasteiger charge is 2.26. The first-order valence-electron chi connectivity index (χ1n) is 7.88. The summed E-state index contributed by atoms with van der Waals surface area (Å²) in [4.78, 5) is 13.7. The second kappa shape index (κ2) is 10.0. The van der Waals surface area contributed by atoms with E-state index < -0.39 is 0 Å². The van der Waals surface area contributed by atoms with Gasteiger partial charge in [0.05, 0.1) is 0 Å². The van der Waals surface area contributed by atoms with E-state index in [1.54, 1.807) is 0 Å². The molecule has 1 saturated heterocycles. The van der Waals surface area contributed by atoms with Crippen molar-refractivity contribution in [3.63, 3.8) is 0 Å². The van der Waals surface area contributed by atoms with Crippen LogP contribution in [0.3, 0.4) is 0 Å². The molecule has 0 radical (unpaired) electrons. The number of rotatable bonds is 11. The lowest BCUT2D eigenvalue weighted by Gasteiger charge is -2.15. The van der Waals surface area contributed by atoms with E-state index in [-0.39, 0.29) is 0 Å². The third-order valence-corrected chi connectivity index (χ3v) is 3.96. The van der Waals surface area contributed by atoms with Gasteiger partial charge in [0.1, 0.15) is 0 Å². The predicted octanol–water partition coefficient (Wildman–Crippen LogP) is 3.10. The van der Waals surface area contributed by atoms with Gasteiger partial charge < -0.3 is 10.6 Å². The maximum absolute atomic E-state index is 11.7. The lowest BCUT2D eigenvalue weighted by Crippen LogP contribution is -2.26. The molecule has 0 aromatic rings. The standard InChI is InChI=1S/C16H30N2O/c1-2-15-13-16(19)18(14-15)12-10-8-6-4-3-5-7-9-11-17/h2,15H,1,3-14,17H2. The molecule has 0 aromatic carbocycles. The third kappa shape index (κ3) is 6.76. The molecule has 1 fully saturated rings. The second-order valence-electron chi connectivity index (χ2n) is 5.66. The predicted molar refractivity (Wildman–Crippen MR) is 80.9 cm³/mol. The number of carbonyl (C=O) groups is 1. The maximum atomic E-state index is 11.7. The average Bonchev–Trinajstić information content (AvgIpc) is 2.78. The number of nitrogens with two attached hydrogens (primary N) is 1. The van der Waals surface area contributed by atoms with Gasteiger partial charge in [-0.3, -0.25) is 4.79 Å². The van der Waals surface area contributed by atoms with E-state index in [9.17, 15) is 4.79 Å². The first kappa shape index (κ1) is 16.2. The third-order valence-electron chi connectivity index (χ3n) is 3.96. The molecule has 0 bridgehead atoms. The van der Waals surface area contributed by atoms with Crippen LogP contribution in [0.4, 0.5) is 0 Å². The van der Waals surface area contributed by atoms with E-state index in [1.807, 2.05) is 11.0 Å². The van der Waals surface area contributed by atoms with Gasteiger partial charge in [-0.05, 0) is 19.4 Å². The second-order valence-corrected chi connectivity index (χ2v) is 5.66. The lowest BCUT2D eigenvalue weighted by molar-refractivity contribution is -0.127. The Labute approximate surface area is 118 Å². The number of hydrogen-bond acceptors (Lipinski definition) is 2. The van der Waals surface area contributed by atoms with Gasteiger partial charge in [-0.2, -0.15) is 0 Å². The molecule has 0 aromatic heterocycles. The highest BCUT2D eigenvalue weighted by Crippen LogP contribution is 2.19. The monoisotopic (exact) mass is 266 g/mol. The van der Waals surface area contributed by atoms with E-state index >= 15 is 0 Å². The number of hydrogen-bond donors (Lipinski definition) is 1. The van der Waals surface area contributed by atoms with Crippen LogP contribution < -0.4 is 5.73 Å². The van der Waals surface area contributed by atoms with Crippen LogP contribution in [0.25, 0.3) is 0 Å². The molecule has 0 spiro atoms. The van der Waals surface area contributed by atoms with Crippen LogP contribution in [0.1, 0.15) is 57.8 Å². The van der Waals surface area contributed by atoms with Crippen molar-refractivity contribution in [2.75, 3.05) is 19.6 Å². The molecule has 1 heterocycles. The Kier molecular flexibility index (Phi) is 8.55. The van der Waals surface area contributed by atoms with E-state index in [1.165, 1.54) is 44.9 Å². The van der Waals surface area contributed by atoms with E-state index in [0.717, 1.165) is 26.1 Å². The molecule has 2 N–H and O–H groups in total. The summed E-state index contributed by atoms with van der Waals surface area (Å²) >= 11 is 0. The fraction of sp³-hybridized carbons (Fsp3) is 0.812. The van der Waals surface area contributed by atoms with Gasteiger partial charge in [-0.15, -0.1) is 6.58 Å². The van der Waals surface area contributed by atoms with Crippen molar-refractivity contribution >= 4 is 5.91 Å². The molecule has 1 amide bonds. The number of nitrogens with zero attached hydrogens (tertiary/aromatic N) is 1. The van der Waals surface area contributed by atoms with Crippen molar-refractivity contribution in [1.82, 2.24) is 4.90 Å². The van der Waals surface area contributed by atoms with Crippen LogP contribution in [0, 0.1) is 5.92 Å². The zero-order valence-corrected chi connectivity index (χ0v) is 12.3. The summed E-state index contributed by atoms with van der Waals surface area (Å²) in [6.45, 7) is 6.44. The molecule has 0 aliphatic carbocycles. The first-order chi connectivity index (χ1) is 9.27. The summed E-state index contributed by atoms with van der Waals surface area (Å²) in [5.41, 5.74) is 5.46. The van der Waals surface area contributed by atoms with Crippen molar-refractivity contribution in [2.24, 2.45) is 11.7 Å². The summed E-state index contributed by atoms with van der Waals surface area (Å²) < 4.78 is 0. The zero-order chi connectivity index (χ0) is 13.9. The smallest absolute Gasteiger partial charge is 0.223 e. The molecule has 3 heteroatoms. The fourth-order valence-corrected chi connectivity index (χ4v) is 2.68. The van der Waals surface area contributed by atoms with Gasteiger partial charge in [-0.25, -0.2) is 0 Å². The van der Waals surface area contributed by atoms with Crippen LogP contribution in [-0.2, 0) is 4.79 Å². The molecule has 1 aliphatic heterocycles. The van der Waals surface area contributed by atoms with Crippen LogP contribution >= 0.6 is 0 Å². The number of carbonyl (C=O) groups excluding carboxylic acids is 1. The summed E-state index contributed by atoms with van der Waals surface area (Å²) in [6, 6.07) is 0. The summed E-state index contributed by atoms with van der Waals surface area (Å²) in [5, 5.41) is 0. The zero-order valence-electron chi connectivity index (χ0n) is 12.3. The summed E-state index contributed by atoms with van der Waals surface area (Å²) in [5.74, 6) is 0.696. The number of unbranched alkanes of at least 4 members (excludes halogenated alkanes) is 7. The first-order valence-corrected chi connectivity index (χ1v) is 7.88. The summed E-state index contributed by atoms with van der Waals surface area (Å²) in [6.07, 6.45) is 12.7. The van der Waals surface area contributed by atoms with Crippen molar-refractivity contribution in [2.45, 2.75) is 57.8 Å². The van der Waals surface area contributed by atoms with Crippen molar-refractivity contribution < 1.29 is 4.79 Å². The Morgan fingerprint density at radius 1 is 1.11 bits per heavy atom. The van der Waals surface area contributed by atoms with Gasteiger partial charge in [-0.1, -0.05) is 44.6 Å². The fourth-order valence-electron chi connectivity index (χ4n) is 2.68. The average molecular weight is 266 g/mol. The molecule has 1 rings (SSSR count). The summed E-state index contributed by atoms with van der Waals surface area (Å²) in [7, 11) is 0. The van der Waals surface area contributed by atoms with Gasteiger partial charge >= 0.3 is 0 Å². The van der Waals surface area contributed by atoms with Gasteiger partial charge in [0.15, 0.2) is 0 Å². The largest absolute Gasteiger partial charge is 0.342 e. The number of amides is 1. The van der Waals surface area contributed by atoms with Crippen LogP contribution in [0.2, 0.25) is 0 Å². The molecule has 3 nitrogen and oxygen atoms in total. The highest BCUT2D eigenvalue weighted by atomic mass is 16.2. The van der Waals surface area contributed by atoms with Gasteiger partial charge in [0.25, 0.3) is 0 Å². The van der Waals surface area contributed by atoms with Crippen molar-refractivity contribution in [3.05, 3.63) is 12.7 Å². The minimum Gasteiger partial charge on any atom is -0.342 e. The van der Waals surface area contributed by atoms with Crippen LogP contribution in [0.15, 0.2) is 12.7 Å². The minimum atomic E-state index is 0.312. The topological polar surface area (TPSA) is 46.3 Å². The lowest BCUT2D eigenvalue weighted by atomic mass is 10.1. The quantitative estimate of drug-likeness (QED) is 0.461. The van der Waals surface area contributed by atoms with E-state index in [2.05, 4.69) is 6.58 Å². The Bertz CT molecular complexity index is 265. The Morgan fingerprint density at radius 2 is 1.68 bits per heavy atom. The Hall–Kier alpha value is -0.830. The van der Waals surface area contributed by atoms with Gasteiger partial charge in [0, 0.05) is 25.4 Å². The van der Waals surface area contributed by atoms with Crippen molar-refractivity contribution in [1.29, 1.82) is 0 Å². The molecule has 0 saturated carbocycles.